The molecule has 0 fully saturated rings. The average molecular weight is 342 g/mol. The fourth-order valence-corrected chi connectivity index (χ4v) is 2.31. The normalized spacial score (nSPS) is 11.3. The molecule has 0 radical (unpaired) electrons. The first-order valence-corrected chi connectivity index (χ1v) is 7.91. The third-order valence-electron chi connectivity index (χ3n) is 2.59. The van der Waals surface area contributed by atoms with Crippen molar-refractivity contribution in [3.63, 3.8) is 0 Å². The monoisotopic (exact) mass is 342 g/mol. The molecule has 0 unspecified atom stereocenters. The van der Waals surface area contributed by atoms with Crippen LogP contribution >= 0.6 is 11.8 Å². The van der Waals surface area contributed by atoms with E-state index in [1.165, 1.54) is 28.8 Å². The molecule has 0 aliphatic rings. The van der Waals surface area contributed by atoms with Gasteiger partial charge in [-0.25, -0.2) is 0 Å². The summed E-state index contributed by atoms with van der Waals surface area (Å²) in [6, 6.07) is 4.62. The maximum Gasteiger partial charge on any atom is 0.387 e. The summed E-state index contributed by atoms with van der Waals surface area (Å²) in [5.74, 6) is 1.08. The molecule has 1 aromatic heterocycles. The van der Waals surface area contributed by atoms with Gasteiger partial charge < -0.3 is 9.47 Å². The van der Waals surface area contributed by atoms with Gasteiger partial charge in [-0.2, -0.15) is 18.6 Å². The van der Waals surface area contributed by atoms with E-state index in [9.17, 15) is 8.78 Å². The molecule has 0 aliphatic carbocycles. The third kappa shape index (κ3) is 4.92. The van der Waals surface area contributed by atoms with Gasteiger partial charge in [0.05, 0.1) is 12.8 Å². The van der Waals surface area contributed by atoms with Gasteiger partial charge in [-0.1, -0.05) is 18.7 Å². The number of ether oxygens (including phenoxy) is 2. The van der Waals surface area contributed by atoms with E-state index < -0.39 is 6.61 Å². The zero-order chi connectivity index (χ0) is 16.7. The summed E-state index contributed by atoms with van der Waals surface area (Å²) in [5, 5.41) is 12.7. The van der Waals surface area contributed by atoms with Gasteiger partial charge in [0.2, 0.25) is 5.16 Å². The Kier molecular flexibility index (Phi) is 6.33. The summed E-state index contributed by atoms with van der Waals surface area (Å²) in [5.41, 5.74) is 0.677. The van der Waals surface area contributed by atoms with Crippen LogP contribution in [0.3, 0.4) is 0 Å². The van der Waals surface area contributed by atoms with Gasteiger partial charge in [0, 0.05) is 0 Å². The Labute approximate surface area is 136 Å². The molecular weight excluding hydrogens is 326 g/mol. The lowest BCUT2D eigenvalue weighted by Crippen LogP contribution is -2.05. The van der Waals surface area contributed by atoms with Gasteiger partial charge in [-0.15, -0.1) is 10.2 Å². The number of rotatable bonds is 8. The highest BCUT2D eigenvalue weighted by Gasteiger charge is 2.11. The average Bonchev–Trinajstić information content (AvgIpc) is 2.95. The Morgan fingerprint density at radius 3 is 2.87 bits per heavy atom. The van der Waals surface area contributed by atoms with Crippen molar-refractivity contribution in [2.75, 3.05) is 12.4 Å². The van der Waals surface area contributed by atoms with Crippen LogP contribution in [0.2, 0.25) is 0 Å². The second-order valence-corrected chi connectivity index (χ2v) is 5.38. The molecule has 124 valence electrons. The molecule has 23 heavy (non-hydrogen) atoms. The molecule has 0 amide bonds. The van der Waals surface area contributed by atoms with Gasteiger partial charge in [-0.05, 0) is 36.4 Å². The summed E-state index contributed by atoms with van der Waals surface area (Å²) in [4.78, 5) is 0. The predicted molar refractivity (Wildman–Crippen MR) is 83.7 cm³/mol. The van der Waals surface area contributed by atoms with E-state index in [-0.39, 0.29) is 11.5 Å². The van der Waals surface area contributed by atoms with E-state index in [4.69, 9.17) is 4.74 Å². The van der Waals surface area contributed by atoms with Crippen molar-refractivity contribution in [2.24, 2.45) is 5.10 Å². The van der Waals surface area contributed by atoms with Crippen LogP contribution in [0.5, 0.6) is 11.5 Å². The maximum absolute atomic E-state index is 12.4. The van der Waals surface area contributed by atoms with Crippen LogP contribution in [-0.2, 0) is 0 Å². The predicted octanol–water partition coefficient (Wildman–Crippen LogP) is 3.27. The van der Waals surface area contributed by atoms with E-state index in [1.807, 2.05) is 6.92 Å². The molecule has 2 aromatic rings. The number of hydrogen-bond donors (Lipinski definition) is 0. The molecule has 0 saturated heterocycles. The minimum Gasteiger partial charge on any atom is -0.490 e. The van der Waals surface area contributed by atoms with Crippen molar-refractivity contribution < 1.29 is 18.3 Å². The minimum absolute atomic E-state index is 0.00877. The number of alkyl halides is 2. The van der Waals surface area contributed by atoms with Gasteiger partial charge >= 0.3 is 6.61 Å². The first-order valence-electron chi connectivity index (χ1n) is 6.92. The highest BCUT2D eigenvalue weighted by Crippen LogP contribution is 2.29. The number of halogens is 2. The molecule has 0 aliphatic heterocycles. The van der Waals surface area contributed by atoms with E-state index in [2.05, 4.69) is 20.0 Å². The fourth-order valence-electron chi connectivity index (χ4n) is 1.72. The Balaban J connectivity index is 2.20. The molecule has 1 aromatic carbocycles. The Morgan fingerprint density at radius 1 is 1.35 bits per heavy atom. The maximum atomic E-state index is 12.4. The molecule has 0 saturated carbocycles. The van der Waals surface area contributed by atoms with Crippen LogP contribution < -0.4 is 9.47 Å². The van der Waals surface area contributed by atoms with Crippen LogP contribution in [-0.4, -0.2) is 40.1 Å². The summed E-state index contributed by atoms with van der Waals surface area (Å²) in [7, 11) is 0. The lowest BCUT2D eigenvalue weighted by atomic mass is 10.2. The van der Waals surface area contributed by atoms with Crippen molar-refractivity contribution in [1.29, 1.82) is 0 Å². The lowest BCUT2D eigenvalue weighted by molar-refractivity contribution is -0.0514. The third-order valence-corrected chi connectivity index (χ3v) is 3.40. The number of benzene rings is 1. The summed E-state index contributed by atoms with van der Waals surface area (Å²) >= 11 is 1.51. The summed E-state index contributed by atoms with van der Waals surface area (Å²) in [6.45, 7) is 1.20. The molecule has 0 N–H and O–H groups in total. The Hall–Kier alpha value is -2.16. The number of thioether (sulfide) groups is 1. The highest BCUT2D eigenvalue weighted by molar-refractivity contribution is 7.99. The van der Waals surface area contributed by atoms with Gasteiger partial charge in [0.25, 0.3) is 0 Å². The zero-order valence-corrected chi connectivity index (χ0v) is 13.5. The van der Waals surface area contributed by atoms with Crippen molar-refractivity contribution in [3.8, 4) is 11.5 Å². The quantitative estimate of drug-likeness (QED) is 0.544. The molecule has 6 nitrogen and oxygen atoms in total. The summed E-state index contributed by atoms with van der Waals surface area (Å²) < 4.78 is 36.0. The molecule has 0 atom stereocenters. The van der Waals surface area contributed by atoms with Crippen molar-refractivity contribution in [2.45, 2.75) is 25.6 Å². The van der Waals surface area contributed by atoms with Gasteiger partial charge in [0.15, 0.2) is 11.5 Å². The highest BCUT2D eigenvalue weighted by atomic mass is 32.2. The minimum atomic E-state index is -2.90. The van der Waals surface area contributed by atoms with E-state index >= 15 is 0 Å². The second-order valence-electron chi connectivity index (χ2n) is 4.15. The second kappa shape index (κ2) is 8.47. The van der Waals surface area contributed by atoms with Gasteiger partial charge in [-0.3, -0.25) is 0 Å². The number of nitrogens with zero attached hydrogens (tertiary/aromatic N) is 4. The van der Waals surface area contributed by atoms with Crippen LogP contribution in [0.1, 0.15) is 19.4 Å². The number of aromatic nitrogens is 3. The first kappa shape index (κ1) is 17.2. The molecule has 1 heterocycles. The molecule has 0 bridgehead atoms. The van der Waals surface area contributed by atoms with E-state index in [1.54, 1.807) is 25.3 Å². The fraction of sp³-hybridized carbons (Fsp3) is 0.357. The van der Waals surface area contributed by atoms with Crippen molar-refractivity contribution in [3.05, 3.63) is 30.1 Å². The molecule has 0 spiro atoms. The topological polar surface area (TPSA) is 61.5 Å². The van der Waals surface area contributed by atoms with Crippen LogP contribution in [0.4, 0.5) is 8.78 Å². The van der Waals surface area contributed by atoms with Crippen molar-refractivity contribution in [1.82, 2.24) is 14.9 Å². The first-order chi connectivity index (χ1) is 11.1. The zero-order valence-electron chi connectivity index (χ0n) is 12.6. The molecule has 2 rings (SSSR count). The van der Waals surface area contributed by atoms with Gasteiger partial charge in [0.1, 0.15) is 6.33 Å². The van der Waals surface area contributed by atoms with Crippen LogP contribution in [0.15, 0.2) is 34.8 Å². The van der Waals surface area contributed by atoms with Crippen LogP contribution in [0.25, 0.3) is 0 Å². The van der Waals surface area contributed by atoms with Crippen LogP contribution in [0, 0.1) is 0 Å². The smallest absolute Gasteiger partial charge is 0.387 e. The summed E-state index contributed by atoms with van der Waals surface area (Å²) in [6.07, 6.45) is 3.06. The number of hydrogen-bond acceptors (Lipinski definition) is 6. The van der Waals surface area contributed by atoms with E-state index in [0.29, 0.717) is 17.3 Å². The Morgan fingerprint density at radius 2 is 2.17 bits per heavy atom. The molecule has 9 heteroatoms. The SMILES string of the molecule is CCOc1cc(C=Nn2cnnc2SCC)ccc1OC(F)F. The standard InChI is InChI=1S/C14H16F2N4O2S/c1-3-21-12-7-10(5-6-11(12)22-13(15)16)8-18-20-9-17-19-14(20)23-4-2/h5-9,13H,3-4H2,1-2H3. The largest absolute Gasteiger partial charge is 0.490 e. The van der Waals surface area contributed by atoms with E-state index in [0.717, 1.165) is 5.75 Å². The Bertz CT molecular complexity index is 664. The van der Waals surface area contributed by atoms with Crippen molar-refractivity contribution >= 4 is 18.0 Å². The molecular formula is C14H16F2N4O2S. The lowest BCUT2D eigenvalue weighted by Gasteiger charge is -2.11.